The third-order valence-electron chi connectivity index (χ3n) is 3.51. The number of rotatable bonds is 5. The Morgan fingerprint density at radius 1 is 1.30 bits per heavy atom. The van der Waals surface area contributed by atoms with Crippen LogP contribution in [-0.4, -0.2) is 40.1 Å². The molecule has 1 N–H and O–H groups in total. The number of likely N-dealkylation sites (N-methyl/N-ethyl adjacent to an activating group) is 1. The van der Waals surface area contributed by atoms with Gasteiger partial charge in [0.05, 0.1) is 6.54 Å². The second kappa shape index (κ2) is 7.04. The lowest BCUT2D eigenvalue weighted by Crippen LogP contribution is -2.38. The summed E-state index contributed by atoms with van der Waals surface area (Å²) in [6.45, 7) is 2.06. The quantitative estimate of drug-likeness (QED) is 0.902. The number of halogens is 1. The van der Waals surface area contributed by atoms with Crippen molar-refractivity contribution in [3.05, 3.63) is 53.1 Å². The molecule has 0 bridgehead atoms. The highest BCUT2D eigenvalue weighted by atomic mass is 19.1. The molecule has 0 saturated carbocycles. The molecule has 0 aliphatic carbocycles. The maximum Gasteiger partial charge on any atom is 0.272 e. The van der Waals surface area contributed by atoms with Crippen LogP contribution in [0.5, 0.6) is 0 Å². The van der Waals surface area contributed by atoms with Crippen LogP contribution < -0.4 is 5.32 Å². The summed E-state index contributed by atoms with van der Waals surface area (Å²) in [5.41, 5.74) is 1.95. The number of aryl methyl sites for hydroxylation is 2. The van der Waals surface area contributed by atoms with Gasteiger partial charge in [0.15, 0.2) is 0 Å². The fraction of sp³-hybridized carbons (Fsp3) is 0.312. The maximum atomic E-state index is 12.8. The van der Waals surface area contributed by atoms with Gasteiger partial charge in [0, 0.05) is 26.3 Å². The summed E-state index contributed by atoms with van der Waals surface area (Å²) in [7, 11) is 3.37. The van der Waals surface area contributed by atoms with E-state index in [0.29, 0.717) is 6.54 Å². The van der Waals surface area contributed by atoms with E-state index >= 15 is 0 Å². The number of hydrogen-bond donors (Lipinski definition) is 1. The number of carbonyl (C=O) groups is 2. The molecule has 23 heavy (non-hydrogen) atoms. The predicted molar refractivity (Wildman–Crippen MR) is 83.2 cm³/mol. The van der Waals surface area contributed by atoms with Crippen molar-refractivity contribution in [3.63, 3.8) is 0 Å². The van der Waals surface area contributed by atoms with Crippen molar-refractivity contribution in [1.82, 2.24) is 20.0 Å². The summed E-state index contributed by atoms with van der Waals surface area (Å²) in [5.74, 6) is -0.951. The summed E-state index contributed by atoms with van der Waals surface area (Å²) < 4.78 is 14.4. The van der Waals surface area contributed by atoms with Crippen LogP contribution in [0.15, 0.2) is 30.3 Å². The van der Waals surface area contributed by atoms with Crippen LogP contribution in [-0.2, 0) is 18.4 Å². The Hall–Kier alpha value is -2.70. The van der Waals surface area contributed by atoms with E-state index in [2.05, 4.69) is 10.4 Å². The average Bonchev–Trinajstić information content (AvgIpc) is 2.86. The molecule has 6 nitrogen and oxygen atoms in total. The Morgan fingerprint density at radius 2 is 1.96 bits per heavy atom. The van der Waals surface area contributed by atoms with E-state index in [4.69, 9.17) is 0 Å². The third-order valence-corrected chi connectivity index (χ3v) is 3.51. The van der Waals surface area contributed by atoms with Gasteiger partial charge in [-0.05, 0) is 30.7 Å². The second-order valence-electron chi connectivity index (χ2n) is 5.35. The zero-order valence-corrected chi connectivity index (χ0v) is 13.3. The Labute approximate surface area is 133 Å². The molecule has 122 valence electrons. The first-order valence-corrected chi connectivity index (χ1v) is 7.14. The van der Waals surface area contributed by atoms with E-state index in [1.807, 2.05) is 6.92 Å². The molecule has 1 heterocycles. The Kier molecular flexibility index (Phi) is 5.10. The molecule has 0 radical (unpaired) electrons. The van der Waals surface area contributed by atoms with Crippen molar-refractivity contribution in [2.75, 3.05) is 13.6 Å². The van der Waals surface area contributed by atoms with E-state index < -0.39 is 5.91 Å². The molecule has 0 aliphatic heterocycles. The average molecular weight is 318 g/mol. The molecule has 0 aliphatic rings. The molecule has 2 rings (SSSR count). The van der Waals surface area contributed by atoms with Gasteiger partial charge < -0.3 is 10.2 Å². The maximum absolute atomic E-state index is 12.8. The van der Waals surface area contributed by atoms with E-state index in [1.54, 1.807) is 37.0 Å². The molecular weight excluding hydrogens is 299 g/mol. The summed E-state index contributed by atoms with van der Waals surface area (Å²) in [6.07, 6.45) is 0. The molecule has 2 amide bonds. The Bertz CT molecular complexity index is 690. The monoisotopic (exact) mass is 318 g/mol. The Morgan fingerprint density at radius 3 is 2.52 bits per heavy atom. The van der Waals surface area contributed by atoms with Crippen LogP contribution in [0.3, 0.4) is 0 Å². The van der Waals surface area contributed by atoms with Crippen molar-refractivity contribution in [3.8, 4) is 0 Å². The molecule has 0 atom stereocenters. The lowest BCUT2D eigenvalue weighted by atomic mass is 10.2. The van der Waals surface area contributed by atoms with Gasteiger partial charge in [-0.25, -0.2) is 4.39 Å². The third kappa shape index (κ3) is 4.38. The van der Waals surface area contributed by atoms with Crippen molar-refractivity contribution >= 4 is 11.8 Å². The van der Waals surface area contributed by atoms with Gasteiger partial charge >= 0.3 is 0 Å². The van der Waals surface area contributed by atoms with Crippen LogP contribution in [0.25, 0.3) is 0 Å². The first-order valence-electron chi connectivity index (χ1n) is 7.14. The first kappa shape index (κ1) is 16.7. The molecule has 0 spiro atoms. The second-order valence-corrected chi connectivity index (χ2v) is 5.35. The van der Waals surface area contributed by atoms with E-state index in [-0.39, 0.29) is 24.0 Å². The molecular formula is C16H19FN4O2. The van der Waals surface area contributed by atoms with E-state index in [0.717, 1.165) is 11.3 Å². The highest BCUT2D eigenvalue weighted by Gasteiger charge is 2.14. The van der Waals surface area contributed by atoms with Gasteiger partial charge in [-0.3, -0.25) is 14.3 Å². The van der Waals surface area contributed by atoms with Crippen LogP contribution in [0.1, 0.15) is 21.7 Å². The smallest absolute Gasteiger partial charge is 0.272 e. The molecule has 1 aromatic heterocycles. The summed E-state index contributed by atoms with van der Waals surface area (Å²) in [4.78, 5) is 25.4. The number of aromatic nitrogens is 2. The highest BCUT2D eigenvalue weighted by Crippen LogP contribution is 2.06. The van der Waals surface area contributed by atoms with Gasteiger partial charge in [0.1, 0.15) is 11.5 Å². The molecule has 2 aromatic rings. The number of amides is 2. The van der Waals surface area contributed by atoms with Crippen molar-refractivity contribution in [2.24, 2.45) is 7.05 Å². The minimum Gasteiger partial charge on any atom is -0.342 e. The minimum atomic E-state index is -0.391. The van der Waals surface area contributed by atoms with Gasteiger partial charge in [0.25, 0.3) is 5.91 Å². The minimum absolute atomic E-state index is 0.119. The lowest BCUT2D eigenvalue weighted by molar-refractivity contribution is -0.129. The van der Waals surface area contributed by atoms with Gasteiger partial charge in [0.2, 0.25) is 5.91 Å². The zero-order chi connectivity index (χ0) is 17.0. The van der Waals surface area contributed by atoms with Crippen LogP contribution in [0.2, 0.25) is 0 Å². The molecule has 1 aromatic carbocycles. The van der Waals surface area contributed by atoms with Crippen molar-refractivity contribution < 1.29 is 14.0 Å². The predicted octanol–water partition coefficient (Wildman–Crippen LogP) is 1.26. The van der Waals surface area contributed by atoms with Gasteiger partial charge in [-0.1, -0.05) is 12.1 Å². The standard InChI is InChI=1S/C16H19FN4O2/c1-11-8-14(19-21(11)3)16(23)18-9-15(22)20(2)10-12-4-6-13(17)7-5-12/h4-8H,9-10H2,1-3H3,(H,18,23). The fourth-order valence-electron chi connectivity index (χ4n) is 2.00. The van der Waals surface area contributed by atoms with Crippen molar-refractivity contribution in [1.29, 1.82) is 0 Å². The summed E-state index contributed by atoms with van der Waals surface area (Å²) in [6, 6.07) is 7.59. The zero-order valence-electron chi connectivity index (χ0n) is 13.3. The number of hydrogen-bond acceptors (Lipinski definition) is 3. The van der Waals surface area contributed by atoms with Crippen molar-refractivity contribution in [2.45, 2.75) is 13.5 Å². The number of nitrogens with one attached hydrogen (secondary N) is 1. The fourth-order valence-corrected chi connectivity index (χ4v) is 2.00. The molecule has 0 unspecified atom stereocenters. The highest BCUT2D eigenvalue weighted by molar-refractivity contribution is 5.94. The SMILES string of the molecule is Cc1cc(C(=O)NCC(=O)N(C)Cc2ccc(F)cc2)nn1C. The largest absolute Gasteiger partial charge is 0.342 e. The van der Waals surface area contributed by atoms with Gasteiger partial charge in [-0.15, -0.1) is 0 Å². The molecule has 7 heteroatoms. The topological polar surface area (TPSA) is 67.2 Å². The Balaban J connectivity index is 1.86. The number of carbonyl (C=O) groups excluding carboxylic acids is 2. The molecule has 0 fully saturated rings. The van der Waals surface area contributed by atoms with E-state index in [1.165, 1.54) is 17.0 Å². The van der Waals surface area contributed by atoms with E-state index in [9.17, 15) is 14.0 Å². The number of benzene rings is 1. The molecule has 0 saturated heterocycles. The summed E-state index contributed by atoms with van der Waals surface area (Å²) >= 11 is 0. The van der Waals surface area contributed by atoms with Crippen LogP contribution >= 0.6 is 0 Å². The normalized spacial score (nSPS) is 10.4. The first-order chi connectivity index (χ1) is 10.9. The van der Waals surface area contributed by atoms with Crippen LogP contribution in [0, 0.1) is 12.7 Å². The van der Waals surface area contributed by atoms with Crippen LogP contribution in [0.4, 0.5) is 4.39 Å². The lowest BCUT2D eigenvalue weighted by Gasteiger charge is -2.17. The number of nitrogens with zero attached hydrogens (tertiary/aromatic N) is 3. The van der Waals surface area contributed by atoms with Gasteiger partial charge in [-0.2, -0.15) is 5.10 Å². The summed E-state index contributed by atoms with van der Waals surface area (Å²) in [5, 5.41) is 6.60.